The molecule has 2 heterocycles. The normalized spacial score (nSPS) is 16.2. The van der Waals surface area contributed by atoms with Gasteiger partial charge >= 0.3 is 0 Å². The van der Waals surface area contributed by atoms with Crippen molar-refractivity contribution in [2.75, 3.05) is 24.5 Å². The molecule has 1 amide bonds. The van der Waals surface area contributed by atoms with Gasteiger partial charge in [-0.15, -0.1) is 10.2 Å². The van der Waals surface area contributed by atoms with Crippen molar-refractivity contribution in [3.63, 3.8) is 0 Å². The fourth-order valence-corrected chi connectivity index (χ4v) is 3.92. The van der Waals surface area contributed by atoms with Crippen molar-refractivity contribution in [1.29, 1.82) is 0 Å². The smallest absolute Gasteiger partial charge is 0.224 e. The van der Waals surface area contributed by atoms with E-state index in [0.717, 1.165) is 42.8 Å². The number of amides is 1. The minimum atomic E-state index is -0.279. The molecule has 0 spiro atoms. The third kappa shape index (κ3) is 5.58. The molecule has 31 heavy (non-hydrogen) atoms. The standard InChI is InChI=1S/C24H24ClFN4O/c25-20-7-3-17(4-8-20)13-14-27-24(31)19-2-1-15-30(16-19)23-12-11-22(28-29-23)18-5-9-21(26)10-6-18/h3-12,19H,1-2,13-16H2,(H,27,31). The molecule has 1 unspecified atom stereocenters. The Morgan fingerprint density at radius 3 is 2.55 bits per heavy atom. The Bertz CT molecular complexity index is 1010. The van der Waals surface area contributed by atoms with Crippen LogP contribution in [0.3, 0.4) is 0 Å². The largest absolute Gasteiger partial charge is 0.355 e. The van der Waals surface area contributed by atoms with Crippen LogP contribution in [0.15, 0.2) is 60.7 Å². The highest BCUT2D eigenvalue weighted by atomic mass is 35.5. The number of nitrogens with one attached hydrogen (secondary N) is 1. The minimum Gasteiger partial charge on any atom is -0.355 e. The molecule has 2 aromatic carbocycles. The third-order valence-electron chi connectivity index (χ3n) is 5.53. The number of anilines is 1. The van der Waals surface area contributed by atoms with Crippen molar-refractivity contribution in [2.24, 2.45) is 5.92 Å². The van der Waals surface area contributed by atoms with Gasteiger partial charge in [-0.1, -0.05) is 23.7 Å². The second kappa shape index (κ2) is 9.88. The van der Waals surface area contributed by atoms with Crippen LogP contribution >= 0.6 is 11.6 Å². The maximum absolute atomic E-state index is 13.1. The highest BCUT2D eigenvalue weighted by molar-refractivity contribution is 6.30. The Morgan fingerprint density at radius 1 is 1.06 bits per heavy atom. The van der Waals surface area contributed by atoms with Crippen LogP contribution < -0.4 is 10.2 Å². The minimum absolute atomic E-state index is 0.0717. The highest BCUT2D eigenvalue weighted by Crippen LogP contribution is 2.23. The van der Waals surface area contributed by atoms with Crippen LogP contribution in [0.25, 0.3) is 11.3 Å². The molecular weight excluding hydrogens is 415 g/mol. The maximum atomic E-state index is 13.1. The summed E-state index contributed by atoms with van der Waals surface area (Å²) in [5.41, 5.74) is 2.65. The number of piperidine rings is 1. The number of benzene rings is 2. The van der Waals surface area contributed by atoms with Crippen LogP contribution in [0.1, 0.15) is 18.4 Å². The van der Waals surface area contributed by atoms with Crippen molar-refractivity contribution in [3.8, 4) is 11.3 Å². The molecule has 7 heteroatoms. The first-order valence-corrected chi connectivity index (χ1v) is 10.8. The Kier molecular flexibility index (Phi) is 6.77. The topological polar surface area (TPSA) is 58.1 Å². The summed E-state index contributed by atoms with van der Waals surface area (Å²) in [7, 11) is 0. The van der Waals surface area contributed by atoms with Gasteiger partial charge in [-0.25, -0.2) is 4.39 Å². The zero-order valence-electron chi connectivity index (χ0n) is 17.1. The molecule has 4 rings (SSSR count). The zero-order valence-corrected chi connectivity index (χ0v) is 17.9. The second-order valence-electron chi connectivity index (χ2n) is 7.74. The summed E-state index contributed by atoms with van der Waals surface area (Å²) >= 11 is 5.91. The van der Waals surface area contributed by atoms with E-state index in [9.17, 15) is 9.18 Å². The average Bonchev–Trinajstić information content (AvgIpc) is 2.81. The molecule has 1 atom stereocenters. The van der Waals surface area contributed by atoms with E-state index >= 15 is 0 Å². The van der Waals surface area contributed by atoms with Gasteiger partial charge in [0.1, 0.15) is 5.82 Å². The van der Waals surface area contributed by atoms with Crippen molar-refractivity contribution in [2.45, 2.75) is 19.3 Å². The fourth-order valence-electron chi connectivity index (χ4n) is 3.79. The van der Waals surface area contributed by atoms with E-state index in [1.165, 1.54) is 12.1 Å². The highest BCUT2D eigenvalue weighted by Gasteiger charge is 2.26. The van der Waals surface area contributed by atoms with Crippen molar-refractivity contribution < 1.29 is 9.18 Å². The van der Waals surface area contributed by atoms with Gasteiger partial charge < -0.3 is 10.2 Å². The Labute approximate surface area is 186 Å². The molecule has 1 saturated heterocycles. The van der Waals surface area contributed by atoms with Crippen LogP contribution in [0.4, 0.5) is 10.2 Å². The van der Waals surface area contributed by atoms with E-state index in [4.69, 9.17) is 11.6 Å². The molecule has 5 nitrogen and oxygen atoms in total. The lowest BCUT2D eigenvalue weighted by Crippen LogP contribution is -2.43. The van der Waals surface area contributed by atoms with Gasteiger partial charge in [-0.05, 0) is 73.4 Å². The van der Waals surface area contributed by atoms with Gasteiger partial charge in [0.2, 0.25) is 5.91 Å². The molecule has 3 aromatic rings. The number of aromatic nitrogens is 2. The van der Waals surface area contributed by atoms with Crippen LogP contribution in [0, 0.1) is 11.7 Å². The molecule has 160 valence electrons. The van der Waals surface area contributed by atoms with E-state index in [1.54, 1.807) is 12.1 Å². The number of carbonyl (C=O) groups excluding carboxylic acids is 1. The molecule has 0 radical (unpaired) electrons. The predicted octanol–water partition coefficient (Wildman–Crippen LogP) is 4.51. The molecule has 1 aromatic heterocycles. The second-order valence-corrected chi connectivity index (χ2v) is 8.17. The van der Waals surface area contributed by atoms with Crippen molar-refractivity contribution >= 4 is 23.3 Å². The van der Waals surface area contributed by atoms with Gasteiger partial charge in [-0.2, -0.15) is 0 Å². The SMILES string of the molecule is O=C(NCCc1ccc(Cl)cc1)C1CCCN(c2ccc(-c3ccc(F)cc3)nn2)C1. The van der Waals surface area contributed by atoms with Gasteiger partial charge in [0.25, 0.3) is 0 Å². The number of nitrogens with zero attached hydrogens (tertiary/aromatic N) is 3. The summed E-state index contributed by atoms with van der Waals surface area (Å²) in [6, 6.07) is 17.7. The summed E-state index contributed by atoms with van der Waals surface area (Å²) < 4.78 is 13.1. The summed E-state index contributed by atoms with van der Waals surface area (Å²) in [4.78, 5) is 14.8. The van der Waals surface area contributed by atoms with Crippen molar-refractivity contribution in [3.05, 3.63) is 77.1 Å². The number of hydrogen-bond acceptors (Lipinski definition) is 4. The average molecular weight is 439 g/mol. The summed E-state index contributed by atoms with van der Waals surface area (Å²) in [5, 5.41) is 12.4. The third-order valence-corrected chi connectivity index (χ3v) is 5.78. The first-order valence-electron chi connectivity index (χ1n) is 10.5. The Balaban J connectivity index is 1.31. The van der Waals surface area contributed by atoms with Crippen LogP contribution in [0.2, 0.25) is 5.02 Å². The van der Waals surface area contributed by atoms with Gasteiger partial charge in [0, 0.05) is 30.2 Å². The first-order chi connectivity index (χ1) is 15.1. The quantitative estimate of drug-likeness (QED) is 0.615. The molecule has 0 saturated carbocycles. The number of hydrogen-bond donors (Lipinski definition) is 1. The molecule has 0 aliphatic carbocycles. The molecule has 1 N–H and O–H groups in total. The van der Waals surface area contributed by atoms with E-state index in [-0.39, 0.29) is 17.6 Å². The van der Waals surface area contributed by atoms with Crippen LogP contribution in [-0.2, 0) is 11.2 Å². The first kappa shape index (κ1) is 21.2. The lowest BCUT2D eigenvalue weighted by molar-refractivity contribution is -0.125. The predicted molar refractivity (Wildman–Crippen MR) is 121 cm³/mol. The lowest BCUT2D eigenvalue weighted by atomic mass is 9.97. The van der Waals surface area contributed by atoms with Gasteiger partial charge in [-0.3, -0.25) is 4.79 Å². The molecule has 1 aliphatic heterocycles. The summed E-state index contributed by atoms with van der Waals surface area (Å²) in [6.07, 6.45) is 2.57. The van der Waals surface area contributed by atoms with Gasteiger partial charge in [0.15, 0.2) is 5.82 Å². The monoisotopic (exact) mass is 438 g/mol. The fraction of sp³-hybridized carbons (Fsp3) is 0.292. The van der Waals surface area contributed by atoms with E-state index in [1.807, 2.05) is 36.4 Å². The molecule has 1 fully saturated rings. The number of rotatable bonds is 6. The van der Waals surface area contributed by atoms with E-state index in [2.05, 4.69) is 20.4 Å². The van der Waals surface area contributed by atoms with E-state index < -0.39 is 0 Å². The van der Waals surface area contributed by atoms with E-state index in [0.29, 0.717) is 23.8 Å². The lowest BCUT2D eigenvalue weighted by Gasteiger charge is -2.32. The molecule has 0 bridgehead atoms. The zero-order chi connectivity index (χ0) is 21.6. The summed E-state index contributed by atoms with van der Waals surface area (Å²) in [5.74, 6) is 0.482. The summed E-state index contributed by atoms with van der Waals surface area (Å²) in [6.45, 7) is 2.07. The maximum Gasteiger partial charge on any atom is 0.224 e. The van der Waals surface area contributed by atoms with Crippen LogP contribution in [-0.4, -0.2) is 35.7 Å². The molecule has 1 aliphatic rings. The van der Waals surface area contributed by atoms with Crippen LogP contribution in [0.5, 0.6) is 0 Å². The van der Waals surface area contributed by atoms with Crippen molar-refractivity contribution in [1.82, 2.24) is 15.5 Å². The molecular formula is C24H24ClFN4O. The number of carbonyl (C=O) groups is 1. The number of halogens is 2. The Hall–Kier alpha value is -2.99. The Morgan fingerprint density at radius 2 is 1.84 bits per heavy atom. The van der Waals surface area contributed by atoms with Gasteiger partial charge in [0.05, 0.1) is 11.6 Å².